The zero-order valence-electron chi connectivity index (χ0n) is 40.4. The molecule has 8 aromatic rings. The Morgan fingerprint density at radius 2 is 0.787 bits per heavy atom. The molecule has 3 aliphatic heterocycles. The summed E-state index contributed by atoms with van der Waals surface area (Å²) < 4.78 is 193. The van der Waals surface area contributed by atoms with Crippen LogP contribution < -0.4 is 14.7 Å². The Labute approximate surface area is 442 Å². The highest BCUT2D eigenvalue weighted by Crippen LogP contribution is 2.38. The monoisotopic (exact) mass is 1120 g/mol. The third-order valence-electron chi connectivity index (χ3n) is 12.3. The number of anilines is 3. The van der Waals surface area contributed by atoms with Gasteiger partial charge in [-0.3, -0.25) is 4.79 Å². The molecule has 0 N–H and O–H groups in total. The summed E-state index contributed by atoms with van der Waals surface area (Å²) in [5.41, 5.74) is 0.524. The number of aliphatic imine (C=N–C) groups is 2. The van der Waals surface area contributed by atoms with Crippen LogP contribution in [0.5, 0.6) is 0 Å². The second-order valence-corrected chi connectivity index (χ2v) is 17.6. The molecule has 10 nitrogen and oxygen atoms in total. The number of alkyl halides is 15. The number of hydrogen-bond acceptors (Lipinski definition) is 7. The van der Waals surface area contributed by atoms with Crippen molar-refractivity contribution in [2.45, 2.75) is 50.5 Å². The van der Waals surface area contributed by atoms with Gasteiger partial charge in [-0.2, -0.15) is 65.9 Å². The van der Waals surface area contributed by atoms with Crippen molar-refractivity contribution in [3.05, 3.63) is 232 Å². The van der Waals surface area contributed by atoms with Crippen molar-refractivity contribution in [1.82, 2.24) is 19.9 Å². The first kappa shape index (κ1) is 55.6. The van der Waals surface area contributed by atoms with Crippen LogP contribution in [0.25, 0.3) is 0 Å². The van der Waals surface area contributed by atoms with Crippen LogP contribution in [0.15, 0.2) is 180 Å². The van der Waals surface area contributed by atoms with Gasteiger partial charge in [-0.05, 0) is 95.6 Å². The molecule has 4 aromatic carbocycles. The molecule has 0 unspecified atom stereocenters. The summed E-state index contributed by atoms with van der Waals surface area (Å²) in [6, 6.07) is 33.3. The molecule has 11 rings (SSSR count). The van der Waals surface area contributed by atoms with Gasteiger partial charge in [0, 0.05) is 47.2 Å². The van der Waals surface area contributed by atoms with Gasteiger partial charge in [-0.1, -0.05) is 66.7 Å². The van der Waals surface area contributed by atoms with Crippen molar-refractivity contribution >= 4 is 46.5 Å². The molecule has 0 saturated carbocycles. The predicted octanol–water partition coefficient (Wildman–Crippen LogP) is 15.1. The SMILES string of the molecule is FC(F)(F)c1ccc(N=C2c3ccccc3CN2c2ccc(C(F)(F)F)cn2)nc1.FC(F)(F)c1ccnc(N=C2c3ccccc3CN2c2cc(C(F)(F)F)ccn2)c1.O=C1c2ccccc2CN1c1ccc(C(F)(F)F)cc1. The highest BCUT2D eigenvalue weighted by molar-refractivity contribution is 6.15. The number of amidine groups is 2. The van der Waals surface area contributed by atoms with E-state index in [1.54, 1.807) is 59.5 Å². The van der Waals surface area contributed by atoms with Gasteiger partial charge >= 0.3 is 30.9 Å². The minimum Gasteiger partial charge on any atom is -0.306 e. The lowest BCUT2D eigenvalue weighted by Crippen LogP contribution is -2.25. The Morgan fingerprint density at radius 3 is 1.27 bits per heavy atom. The van der Waals surface area contributed by atoms with Crippen LogP contribution in [-0.4, -0.2) is 37.5 Å². The summed E-state index contributed by atoms with van der Waals surface area (Å²) in [4.78, 5) is 40.8. The van der Waals surface area contributed by atoms with Gasteiger partial charge in [-0.15, -0.1) is 0 Å². The van der Waals surface area contributed by atoms with Gasteiger partial charge in [0.2, 0.25) is 0 Å². The number of aromatic nitrogens is 4. The van der Waals surface area contributed by atoms with Gasteiger partial charge in [0.15, 0.2) is 11.6 Å². The molecule has 1 amide bonds. The van der Waals surface area contributed by atoms with Gasteiger partial charge in [0.25, 0.3) is 5.91 Å². The smallest absolute Gasteiger partial charge is 0.306 e. The Balaban J connectivity index is 0.000000148. The van der Waals surface area contributed by atoms with Crippen LogP contribution >= 0.6 is 0 Å². The first-order valence-electron chi connectivity index (χ1n) is 23.3. The van der Waals surface area contributed by atoms with Crippen molar-refractivity contribution < 1.29 is 70.7 Å². The molecule has 0 saturated heterocycles. The number of pyridine rings is 4. The average Bonchev–Trinajstić information content (AvgIpc) is 4.14. The summed E-state index contributed by atoms with van der Waals surface area (Å²) in [7, 11) is 0. The Kier molecular flexibility index (Phi) is 15.0. The summed E-state index contributed by atoms with van der Waals surface area (Å²) in [5.74, 6) is 0.353. The Morgan fingerprint density at radius 1 is 0.362 bits per heavy atom. The number of nitrogens with zero attached hydrogens (tertiary/aromatic N) is 9. The Hall–Kier alpha value is -9.16. The second kappa shape index (κ2) is 21.6. The molecular weight excluding hydrogens is 1090 g/mol. The largest absolute Gasteiger partial charge is 0.417 e. The van der Waals surface area contributed by atoms with Crippen LogP contribution in [0.1, 0.15) is 66.0 Å². The number of fused-ring (bicyclic) bond motifs is 3. The minimum atomic E-state index is -4.58. The lowest BCUT2D eigenvalue weighted by Gasteiger charge is -2.19. The van der Waals surface area contributed by atoms with Crippen LogP contribution in [-0.2, 0) is 50.5 Å². The fourth-order valence-corrected chi connectivity index (χ4v) is 8.40. The quantitative estimate of drug-likeness (QED) is 0.158. The highest BCUT2D eigenvalue weighted by atomic mass is 19.4. The normalized spacial score (nSPS) is 15.3. The summed E-state index contributed by atoms with van der Waals surface area (Å²) >= 11 is 0. The van der Waals surface area contributed by atoms with Crippen molar-refractivity contribution in [3.8, 4) is 0 Å². The number of carbonyl (C=O) groups is 1. The van der Waals surface area contributed by atoms with Gasteiger partial charge < -0.3 is 14.7 Å². The van der Waals surface area contributed by atoms with Gasteiger partial charge in [0.1, 0.15) is 23.3 Å². The number of amides is 1. The molecule has 0 aliphatic carbocycles. The maximum absolute atomic E-state index is 13.1. The van der Waals surface area contributed by atoms with Crippen LogP contribution in [0, 0.1) is 0 Å². The van der Waals surface area contributed by atoms with E-state index in [1.807, 2.05) is 18.2 Å². The van der Waals surface area contributed by atoms with E-state index in [1.165, 1.54) is 28.0 Å². The molecule has 0 bridgehead atoms. The van der Waals surface area contributed by atoms with E-state index in [0.717, 1.165) is 89.9 Å². The molecular formula is C55H34F15N9O. The number of halogens is 15. The van der Waals surface area contributed by atoms with Crippen molar-refractivity contribution in [2.24, 2.45) is 9.98 Å². The molecule has 0 radical (unpaired) electrons. The van der Waals surface area contributed by atoms with Crippen molar-refractivity contribution in [3.63, 3.8) is 0 Å². The van der Waals surface area contributed by atoms with E-state index in [4.69, 9.17) is 0 Å². The maximum atomic E-state index is 13.1. The number of benzene rings is 4. The predicted molar refractivity (Wildman–Crippen MR) is 263 cm³/mol. The maximum Gasteiger partial charge on any atom is 0.417 e. The van der Waals surface area contributed by atoms with E-state index in [-0.39, 0.29) is 41.6 Å². The molecule has 7 heterocycles. The third-order valence-corrected chi connectivity index (χ3v) is 12.3. The van der Waals surface area contributed by atoms with Gasteiger partial charge in [0.05, 0.1) is 47.5 Å². The number of carbonyl (C=O) groups excluding carboxylic acids is 1. The van der Waals surface area contributed by atoms with Crippen molar-refractivity contribution in [1.29, 1.82) is 0 Å². The van der Waals surface area contributed by atoms with E-state index >= 15 is 0 Å². The number of hydrogen-bond donors (Lipinski definition) is 0. The lowest BCUT2D eigenvalue weighted by molar-refractivity contribution is -0.138. The topological polar surface area (TPSA) is 103 Å². The van der Waals surface area contributed by atoms with Crippen LogP contribution in [0.3, 0.4) is 0 Å². The van der Waals surface area contributed by atoms with Crippen LogP contribution in [0.2, 0.25) is 0 Å². The first-order valence-corrected chi connectivity index (χ1v) is 23.3. The summed E-state index contributed by atoms with van der Waals surface area (Å²) in [6.45, 7) is 0.858. The van der Waals surface area contributed by atoms with E-state index in [9.17, 15) is 70.7 Å². The molecule has 4 aromatic heterocycles. The van der Waals surface area contributed by atoms with Crippen molar-refractivity contribution in [2.75, 3.05) is 14.7 Å². The standard InChI is InChI=1S/2C20H12F6N4.C15H10F3NO/c21-19(22,23)13-5-7-27-16(9-13)29-18-15-4-2-1-3-12(15)11-30(18)17-10-14(6-8-28-17)20(24,25)26;21-19(22,23)13-5-7-16(27-9-13)29-18-15-4-2-1-3-12(15)11-30(18)17-8-6-14(10-28-17)20(24,25)26;16-15(17,18)11-5-7-12(8-6-11)19-9-10-3-1-2-4-13(10)14(19)20/h2*1-10H,11H2;1-8H,9H2. The molecule has 0 fully saturated rings. The lowest BCUT2D eigenvalue weighted by atomic mass is 10.1. The number of rotatable bonds is 5. The van der Waals surface area contributed by atoms with Gasteiger partial charge in [-0.25, -0.2) is 29.9 Å². The average molecular weight is 1120 g/mol. The Bertz CT molecular complexity index is 3610. The minimum absolute atomic E-state index is 0.0215. The second-order valence-electron chi connectivity index (χ2n) is 17.6. The van der Waals surface area contributed by atoms with E-state index in [2.05, 4.69) is 29.9 Å². The molecule has 0 atom stereocenters. The molecule has 3 aliphatic rings. The summed E-state index contributed by atoms with van der Waals surface area (Å²) in [5, 5.41) is 0. The summed E-state index contributed by atoms with van der Waals surface area (Å²) in [6.07, 6.45) is -19.1. The third kappa shape index (κ3) is 12.4. The van der Waals surface area contributed by atoms with Crippen LogP contribution in [0.4, 0.5) is 94.8 Å². The molecule has 0 spiro atoms. The van der Waals surface area contributed by atoms with E-state index in [0.29, 0.717) is 47.5 Å². The molecule has 80 heavy (non-hydrogen) atoms. The highest BCUT2D eigenvalue weighted by Gasteiger charge is 2.37. The fourth-order valence-electron chi connectivity index (χ4n) is 8.40. The van der Waals surface area contributed by atoms with E-state index < -0.39 is 58.7 Å². The molecule has 410 valence electrons. The zero-order chi connectivity index (χ0) is 57.4. The fraction of sp³-hybridized carbons (Fsp3) is 0.145. The molecule has 25 heteroatoms. The zero-order valence-corrected chi connectivity index (χ0v) is 40.4. The first-order chi connectivity index (χ1) is 37.7.